The van der Waals surface area contributed by atoms with Gasteiger partial charge in [0.1, 0.15) is 0 Å². The number of carbonyl (C=O) groups is 1. The van der Waals surface area contributed by atoms with Crippen molar-refractivity contribution in [1.82, 2.24) is 4.98 Å². The number of hydrogen-bond acceptors (Lipinski definition) is 7. The Balaban J connectivity index is 0.00000289. The lowest BCUT2D eigenvalue weighted by atomic mass is 9.95. The molecule has 0 aliphatic carbocycles. The molecule has 32 heavy (non-hydrogen) atoms. The number of ketones is 1. The van der Waals surface area contributed by atoms with E-state index in [2.05, 4.69) is 23.2 Å². The lowest BCUT2D eigenvalue weighted by Crippen LogP contribution is -2.18. The molecule has 0 N–H and O–H groups in total. The van der Waals surface area contributed by atoms with Crippen molar-refractivity contribution in [3.63, 3.8) is 0 Å². The van der Waals surface area contributed by atoms with E-state index in [1.807, 2.05) is 26.8 Å². The van der Waals surface area contributed by atoms with E-state index in [0.29, 0.717) is 22.1 Å². The number of hydrazone groups is 1. The Labute approximate surface area is 196 Å². The Hall–Kier alpha value is -3.10. The summed E-state index contributed by atoms with van der Waals surface area (Å²) in [6.07, 6.45) is 0.583. The molecular formula is C23H23ClN4O3S. The Morgan fingerprint density at radius 2 is 1.94 bits per heavy atom. The van der Waals surface area contributed by atoms with E-state index < -0.39 is 4.92 Å². The first-order valence-electron chi connectivity index (χ1n) is 9.91. The van der Waals surface area contributed by atoms with Gasteiger partial charge in [-0.05, 0) is 38.0 Å². The number of Topliss-reactive ketones (excluding diaryl/α,β-unsaturated/α-hetero) is 1. The maximum absolute atomic E-state index is 12.0. The summed E-state index contributed by atoms with van der Waals surface area (Å²) >= 11 is 1.30. The van der Waals surface area contributed by atoms with Gasteiger partial charge in [0.25, 0.3) is 5.69 Å². The topological polar surface area (TPSA) is 88.7 Å². The molecule has 0 radical (unpaired) electrons. The number of nitrogens with zero attached hydrogens (tertiary/aromatic N) is 4. The fraction of sp³-hybridized carbons (Fsp3) is 0.261. The van der Waals surface area contributed by atoms with Crippen LogP contribution in [0, 0.1) is 30.9 Å². The fourth-order valence-electron chi connectivity index (χ4n) is 3.81. The number of anilines is 1. The summed E-state index contributed by atoms with van der Waals surface area (Å²) in [5.41, 5.74) is 5.70. The number of rotatable bonds is 5. The third-order valence-corrected chi connectivity index (χ3v) is 6.63. The zero-order chi connectivity index (χ0) is 22.3. The summed E-state index contributed by atoms with van der Waals surface area (Å²) in [5, 5.41) is 18.6. The maximum Gasteiger partial charge on any atom is 0.269 e. The normalized spacial score (nSPS) is 15.3. The van der Waals surface area contributed by atoms with E-state index in [0.717, 1.165) is 28.0 Å². The number of nitro benzene ring substituents is 1. The number of non-ortho nitro benzene ring substituents is 1. The zero-order valence-electron chi connectivity index (χ0n) is 18.2. The molecule has 7 nitrogen and oxygen atoms in total. The molecule has 0 spiro atoms. The maximum atomic E-state index is 12.0. The molecule has 2 heterocycles. The molecule has 9 heteroatoms. The third-order valence-electron chi connectivity index (χ3n) is 5.38. The highest BCUT2D eigenvalue weighted by molar-refractivity contribution is 7.17. The molecule has 2 aromatic carbocycles. The van der Waals surface area contributed by atoms with E-state index in [1.165, 1.54) is 24.3 Å². The highest BCUT2D eigenvalue weighted by Crippen LogP contribution is 2.40. The predicted octanol–water partition coefficient (Wildman–Crippen LogP) is 5.96. The van der Waals surface area contributed by atoms with Crippen LogP contribution in [0.3, 0.4) is 0 Å². The van der Waals surface area contributed by atoms with Crippen molar-refractivity contribution >= 4 is 46.1 Å². The molecule has 0 amide bonds. The minimum absolute atomic E-state index is 0. The van der Waals surface area contributed by atoms with E-state index in [1.54, 1.807) is 17.1 Å². The SMILES string of the molecule is CC(=O)c1sc(N2N=C(c3cc(C)ccc3C)CC2c2cccc([N+](=O)[O-])c2)nc1C.Cl. The van der Waals surface area contributed by atoms with Gasteiger partial charge in [-0.25, -0.2) is 9.99 Å². The van der Waals surface area contributed by atoms with Crippen LogP contribution in [-0.4, -0.2) is 21.4 Å². The van der Waals surface area contributed by atoms with E-state index in [-0.39, 0.29) is 29.9 Å². The number of aryl methyl sites for hydroxylation is 3. The Kier molecular flexibility index (Phi) is 6.76. The van der Waals surface area contributed by atoms with Crippen LogP contribution in [-0.2, 0) is 0 Å². The van der Waals surface area contributed by atoms with Crippen molar-refractivity contribution in [3.05, 3.63) is 85.4 Å². The zero-order valence-corrected chi connectivity index (χ0v) is 19.8. The molecule has 0 bridgehead atoms. The van der Waals surface area contributed by atoms with Crippen molar-refractivity contribution in [2.24, 2.45) is 5.10 Å². The smallest absolute Gasteiger partial charge is 0.269 e. The van der Waals surface area contributed by atoms with Gasteiger partial charge in [-0.3, -0.25) is 14.9 Å². The van der Waals surface area contributed by atoms with E-state index in [9.17, 15) is 14.9 Å². The quantitative estimate of drug-likeness (QED) is 0.261. The molecule has 1 atom stereocenters. The lowest BCUT2D eigenvalue weighted by molar-refractivity contribution is -0.384. The summed E-state index contributed by atoms with van der Waals surface area (Å²) in [7, 11) is 0. The van der Waals surface area contributed by atoms with Crippen LogP contribution in [0.1, 0.15) is 57.0 Å². The van der Waals surface area contributed by atoms with E-state index >= 15 is 0 Å². The van der Waals surface area contributed by atoms with E-state index in [4.69, 9.17) is 5.10 Å². The number of aromatic nitrogens is 1. The first-order valence-corrected chi connectivity index (χ1v) is 10.7. The van der Waals surface area contributed by atoms with Gasteiger partial charge in [0.05, 0.1) is 27.2 Å². The number of thiazole rings is 1. The number of hydrogen-bond donors (Lipinski definition) is 0. The molecule has 1 unspecified atom stereocenters. The van der Waals surface area contributed by atoms with Gasteiger partial charge in [0, 0.05) is 31.0 Å². The van der Waals surface area contributed by atoms with Crippen molar-refractivity contribution in [2.75, 3.05) is 5.01 Å². The fourth-order valence-corrected chi connectivity index (χ4v) is 4.77. The Bertz CT molecular complexity index is 1240. The molecular weight excluding hydrogens is 448 g/mol. The molecule has 1 aliphatic rings. The van der Waals surface area contributed by atoms with Gasteiger partial charge in [-0.2, -0.15) is 5.10 Å². The average molecular weight is 471 g/mol. The van der Waals surface area contributed by atoms with Crippen LogP contribution in [0.2, 0.25) is 0 Å². The second-order valence-electron chi connectivity index (χ2n) is 7.75. The van der Waals surface area contributed by atoms with Crippen molar-refractivity contribution in [3.8, 4) is 0 Å². The molecule has 166 valence electrons. The second kappa shape index (κ2) is 9.18. The molecule has 1 aromatic heterocycles. The summed E-state index contributed by atoms with van der Waals surface area (Å²) in [5.74, 6) is -0.0360. The van der Waals surface area contributed by atoms with Crippen molar-refractivity contribution < 1.29 is 9.72 Å². The van der Waals surface area contributed by atoms with Gasteiger partial charge < -0.3 is 0 Å². The number of halogens is 1. The first-order chi connectivity index (χ1) is 14.7. The van der Waals surface area contributed by atoms with Gasteiger partial charge in [0.15, 0.2) is 5.78 Å². The molecule has 0 saturated heterocycles. The third kappa shape index (κ3) is 4.42. The molecule has 1 aliphatic heterocycles. The minimum Gasteiger partial charge on any atom is -0.294 e. The van der Waals surface area contributed by atoms with Crippen molar-refractivity contribution in [1.29, 1.82) is 0 Å². The van der Waals surface area contributed by atoms with Crippen LogP contribution >= 0.6 is 23.7 Å². The van der Waals surface area contributed by atoms with Crippen LogP contribution in [0.15, 0.2) is 47.6 Å². The summed E-state index contributed by atoms with van der Waals surface area (Å²) in [6, 6.07) is 12.6. The second-order valence-corrected chi connectivity index (χ2v) is 8.73. The highest BCUT2D eigenvalue weighted by atomic mass is 35.5. The number of carbonyl (C=O) groups excluding carboxylic acids is 1. The number of benzene rings is 2. The summed E-state index contributed by atoms with van der Waals surface area (Å²) < 4.78 is 0. The Morgan fingerprint density at radius 1 is 1.19 bits per heavy atom. The highest BCUT2D eigenvalue weighted by Gasteiger charge is 2.33. The van der Waals surface area contributed by atoms with Crippen LogP contribution in [0.25, 0.3) is 0 Å². The van der Waals surface area contributed by atoms with Crippen LogP contribution < -0.4 is 5.01 Å². The molecule has 0 fully saturated rings. The first kappa shape index (κ1) is 23.6. The molecule has 0 saturated carbocycles. The largest absolute Gasteiger partial charge is 0.294 e. The molecule has 4 rings (SSSR count). The summed E-state index contributed by atoms with van der Waals surface area (Å²) in [4.78, 5) is 28.1. The summed E-state index contributed by atoms with van der Waals surface area (Å²) in [6.45, 7) is 7.42. The van der Waals surface area contributed by atoms with Crippen LogP contribution in [0.4, 0.5) is 10.8 Å². The molecule has 3 aromatic rings. The van der Waals surface area contributed by atoms with Gasteiger partial charge in [-0.1, -0.05) is 41.2 Å². The van der Waals surface area contributed by atoms with Gasteiger partial charge >= 0.3 is 0 Å². The predicted molar refractivity (Wildman–Crippen MR) is 129 cm³/mol. The average Bonchev–Trinajstić information content (AvgIpc) is 3.34. The monoisotopic (exact) mass is 470 g/mol. The standard InChI is InChI=1S/C23H22N4O3S.ClH/c1-13-8-9-14(2)19(10-13)20-12-21(17-6-5-7-18(11-17)27(29)30)26(25-20)23-24-15(3)22(31-23)16(4)28;/h5-11,21H,12H2,1-4H3;1H. The van der Waals surface area contributed by atoms with Crippen LogP contribution in [0.5, 0.6) is 0 Å². The minimum atomic E-state index is -0.392. The number of nitro groups is 1. The van der Waals surface area contributed by atoms with Gasteiger partial charge in [-0.15, -0.1) is 12.4 Å². The van der Waals surface area contributed by atoms with Crippen molar-refractivity contribution in [2.45, 2.75) is 40.2 Å². The lowest BCUT2D eigenvalue weighted by Gasteiger charge is -2.21. The van der Waals surface area contributed by atoms with Gasteiger partial charge in [0.2, 0.25) is 5.13 Å². The Morgan fingerprint density at radius 3 is 2.59 bits per heavy atom.